The van der Waals surface area contributed by atoms with Crippen molar-refractivity contribution in [1.82, 2.24) is 15.5 Å². The molecule has 1 amide bonds. The van der Waals surface area contributed by atoms with Crippen LogP contribution < -0.4 is 10.6 Å². The van der Waals surface area contributed by atoms with Crippen molar-refractivity contribution in [2.75, 3.05) is 39.8 Å². The lowest BCUT2D eigenvalue weighted by molar-refractivity contribution is 0.148. The number of hydrogen-bond acceptors (Lipinski definition) is 4. The summed E-state index contributed by atoms with van der Waals surface area (Å²) in [5.74, 6) is 0. The molecule has 0 unspecified atom stereocenters. The van der Waals surface area contributed by atoms with E-state index in [-0.39, 0.29) is 6.09 Å². The molecule has 0 aromatic rings. The van der Waals surface area contributed by atoms with E-state index in [1.807, 2.05) is 14.0 Å². The van der Waals surface area contributed by atoms with Gasteiger partial charge in [0, 0.05) is 19.1 Å². The third kappa shape index (κ3) is 4.81. The summed E-state index contributed by atoms with van der Waals surface area (Å²) in [6.45, 7) is 6.03. The predicted octanol–water partition coefficient (Wildman–Crippen LogP) is 0.416. The summed E-state index contributed by atoms with van der Waals surface area (Å²) in [7, 11) is 2.02. The molecule has 5 heteroatoms. The van der Waals surface area contributed by atoms with E-state index < -0.39 is 0 Å². The monoisotopic (exact) mass is 229 g/mol. The van der Waals surface area contributed by atoms with Gasteiger partial charge in [0.2, 0.25) is 0 Å². The van der Waals surface area contributed by atoms with Gasteiger partial charge < -0.3 is 20.3 Å². The molecule has 0 aromatic heterocycles. The molecule has 0 radical (unpaired) electrons. The summed E-state index contributed by atoms with van der Waals surface area (Å²) in [5.41, 5.74) is 0. The fraction of sp³-hybridized carbons (Fsp3) is 0.909. The molecule has 5 nitrogen and oxygen atoms in total. The first-order valence-corrected chi connectivity index (χ1v) is 6.06. The quantitative estimate of drug-likeness (QED) is 0.717. The molecule has 1 aliphatic heterocycles. The Morgan fingerprint density at radius 3 is 2.69 bits per heavy atom. The van der Waals surface area contributed by atoms with Crippen LogP contribution in [0.25, 0.3) is 0 Å². The van der Waals surface area contributed by atoms with E-state index in [0.29, 0.717) is 19.2 Å². The molecular weight excluding hydrogens is 206 g/mol. The number of nitrogens with zero attached hydrogens (tertiary/aromatic N) is 1. The number of hydrogen-bond donors (Lipinski definition) is 2. The van der Waals surface area contributed by atoms with E-state index in [1.165, 1.54) is 12.8 Å². The van der Waals surface area contributed by atoms with Crippen LogP contribution in [0.3, 0.4) is 0 Å². The molecule has 16 heavy (non-hydrogen) atoms. The third-order valence-corrected chi connectivity index (χ3v) is 2.97. The van der Waals surface area contributed by atoms with Crippen molar-refractivity contribution in [3.8, 4) is 0 Å². The molecule has 0 bridgehead atoms. The predicted molar refractivity (Wildman–Crippen MR) is 63.5 cm³/mol. The highest BCUT2D eigenvalue weighted by Crippen LogP contribution is 2.08. The van der Waals surface area contributed by atoms with Gasteiger partial charge in [0.25, 0.3) is 0 Å². The Balaban J connectivity index is 2.04. The van der Waals surface area contributed by atoms with E-state index >= 15 is 0 Å². The normalized spacial score (nSPS) is 18.4. The van der Waals surface area contributed by atoms with Gasteiger partial charge >= 0.3 is 6.09 Å². The number of amides is 1. The Morgan fingerprint density at radius 2 is 2.12 bits per heavy atom. The first-order chi connectivity index (χ1) is 7.76. The van der Waals surface area contributed by atoms with Crippen molar-refractivity contribution < 1.29 is 9.53 Å². The van der Waals surface area contributed by atoms with E-state index in [0.717, 1.165) is 19.6 Å². The van der Waals surface area contributed by atoms with Crippen LogP contribution in [-0.2, 0) is 4.74 Å². The number of nitrogens with one attached hydrogen (secondary N) is 2. The van der Waals surface area contributed by atoms with Crippen molar-refractivity contribution in [3.05, 3.63) is 0 Å². The zero-order chi connectivity index (χ0) is 11.8. The molecule has 0 saturated carbocycles. The Morgan fingerprint density at radius 1 is 1.44 bits per heavy atom. The third-order valence-electron chi connectivity index (χ3n) is 2.97. The number of piperidine rings is 1. The molecule has 0 aliphatic carbocycles. The minimum absolute atomic E-state index is 0.312. The summed E-state index contributed by atoms with van der Waals surface area (Å²) >= 11 is 0. The smallest absolute Gasteiger partial charge is 0.407 e. The highest BCUT2D eigenvalue weighted by molar-refractivity contribution is 5.66. The average Bonchev–Trinajstić information content (AvgIpc) is 2.30. The minimum Gasteiger partial charge on any atom is -0.450 e. The molecule has 1 saturated heterocycles. The highest BCUT2D eigenvalue weighted by atomic mass is 16.5. The molecule has 1 heterocycles. The minimum atomic E-state index is -0.312. The van der Waals surface area contributed by atoms with Crippen molar-refractivity contribution >= 4 is 6.09 Å². The zero-order valence-electron chi connectivity index (χ0n) is 10.3. The van der Waals surface area contributed by atoms with E-state index in [9.17, 15) is 4.79 Å². The molecular formula is C11H23N3O2. The molecule has 1 fully saturated rings. The van der Waals surface area contributed by atoms with Crippen molar-refractivity contribution in [1.29, 1.82) is 0 Å². The molecule has 1 aliphatic rings. The van der Waals surface area contributed by atoms with Crippen molar-refractivity contribution in [2.24, 2.45) is 0 Å². The lowest BCUT2D eigenvalue weighted by Crippen LogP contribution is -2.44. The van der Waals surface area contributed by atoms with E-state index in [1.54, 1.807) is 0 Å². The Hall–Kier alpha value is -0.810. The highest BCUT2D eigenvalue weighted by Gasteiger charge is 2.17. The van der Waals surface area contributed by atoms with Crippen LogP contribution in [0, 0.1) is 0 Å². The van der Waals surface area contributed by atoms with Gasteiger partial charge in [-0.1, -0.05) is 0 Å². The van der Waals surface area contributed by atoms with Crippen molar-refractivity contribution in [3.63, 3.8) is 0 Å². The van der Waals surface area contributed by atoms with Crippen LogP contribution in [0.5, 0.6) is 0 Å². The number of carbonyl (C=O) groups is 1. The number of ether oxygens (including phenoxy) is 1. The van der Waals surface area contributed by atoms with Crippen LogP contribution in [-0.4, -0.2) is 56.9 Å². The number of likely N-dealkylation sites (tertiary alicyclic amines) is 1. The van der Waals surface area contributed by atoms with Gasteiger partial charge in [-0.05, 0) is 39.9 Å². The van der Waals surface area contributed by atoms with Crippen LogP contribution in [0.15, 0.2) is 0 Å². The summed E-state index contributed by atoms with van der Waals surface area (Å²) in [6, 6.07) is 0.661. The summed E-state index contributed by atoms with van der Waals surface area (Å²) < 4.78 is 4.79. The van der Waals surface area contributed by atoms with Gasteiger partial charge in [-0.3, -0.25) is 0 Å². The standard InChI is InChI=1S/C11H23N3O2/c1-3-16-11(15)13-6-9-14-7-4-10(12-2)5-8-14/h10,12H,3-9H2,1-2H3,(H,13,15). The fourth-order valence-electron chi connectivity index (χ4n) is 1.94. The topological polar surface area (TPSA) is 53.6 Å². The van der Waals surface area contributed by atoms with Crippen LogP contribution in [0.1, 0.15) is 19.8 Å². The number of alkyl carbamates (subject to hydrolysis) is 1. The van der Waals surface area contributed by atoms with Gasteiger partial charge in [0.1, 0.15) is 0 Å². The molecule has 1 rings (SSSR count). The maximum absolute atomic E-state index is 11.0. The molecule has 0 spiro atoms. The lowest BCUT2D eigenvalue weighted by Gasteiger charge is -2.31. The maximum atomic E-state index is 11.0. The Bertz CT molecular complexity index is 203. The second kappa shape index (κ2) is 7.46. The fourth-order valence-corrected chi connectivity index (χ4v) is 1.94. The SMILES string of the molecule is CCOC(=O)NCCN1CCC(NC)CC1. The molecule has 0 aromatic carbocycles. The maximum Gasteiger partial charge on any atom is 0.407 e. The summed E-state index contributed by atoms with van der Waals surface area (Å²) in [5, 5.41) is 6.04. The second-order valence-electron chi connectivity index (χ2n) is 4.05. The first kappa shape index (κ1) is 13.3. The largest absolute Gasteiger partial charge is 0.450 e. The first-order valence-electron chi connectivity index (χ1n) is 6.06. The van der Waals surface area contributed by atoms with Crippen LogP contribution in [0.2, 0.25) is 0 Å². The Kier molecular flexibility index (Phi) is 6.18. The molecule has 94 valence electrons. The second-order valence-corrected chi connectivity index (χ2v) is 4.05. The van der Waals surface area contributed by atoms with Gasteiger partial charge in [-0.25, -0.2) is 4.79 Å². The lowest BCUT2D eigenvalue weighted by atomic mass is 10.1. The summed E-state index contributed by atoms with van der Waals surface area (Å²) in [6.07, 6.45) is 2.07. The zero-order valence-corrected chi connectivity index (χ0v) is 10.3. The van der Waals surface area contributed by atoms with E-state index in [2.05, 4.69) is 15.5 Å². The van der Waals surface area contributed by atoms with Crippen LogP contribution >= 0.6 is 0 Å². The number of rotatable bonds is 5. The average molecular weight is 229 g/mol. The van der Waals surface area contributed by atoms with E-state index in [4.69, 9.17) is 4.74 Å². The van der Waals surface area contributed by atoms with Gasteiger partial charge in [-0.15, -0.1) is 0 Å². The van der Waals surface area contributed by atoms with Gasteiger partial charge in [0.15, 0.2) is 0 Å². The molecule has 2 N–H and O–H groups in total. The Labute approximate surface area is 97.5 Å². The van der Waals surface area contributed by atoms with Gasteiger partial charge in [-0.2, -0.15) is 0 Å². The number of carbonyl (C=O) groups excluding carboxylic acids is 1. The van der Waals surface area contributed by atoms with Crippen LogP contribution in [0.4, 0.5) is 4.79 Å². The van der Waals surface area contributed by atoms with Gasteiger partial charge in [0.05, 0.1) is 6.61 Å². The van der Waals surface area contributed by atoms with Crippen molar-refractivity contribution in [2.45, 2.75) is 25.8 Å². The molecule has 0 atom stereocenters. The summed E-state index contributed by atoms with van der Waals surface area (Å²) in [4.78, 5) is 13.4.